The second kappa shape index (κ2) is 7.93. The Labute approximate surface area is 173 Å². The summed E-state index contributed by atoms with van der Waals surface area (Å²) in [5.41, 5.74) is 1.11. The molecule has 0 radical (unpaired) electrons. The van der Waals surface area contributed by atoms with Crippen LogP contribution in [0.4, 0.5) is 23.2 Å². The van der Waals surface area contributed by atoms with Crippen molar-refractivity contribution in [3.63, 3.8) is 0 Å². The number of alkyl halides is 3. The minimum Gasteiger partial charge on any atom is -0.371 e. The molecule has 2 aromatic rings. The molecule has 1 saturated carbocycles. The monoisotopic (exact) mass is 420 g/mol. The fourth-order valence-electron chi connectivity index (χ4n) is 4.36. The van der Waals surface area contributed by atoms with Crippen LogP contribution in [-0.4, -0.2) is 37.0 Å². The SMILES string of the molecule is CN(C(=O)C1CC1c1ccc(C(F)(F)F)cc1)C1CCN(c2ccc(F)cc2)CC1. The van der Waals surface area contributed by atoms with Gasteiger partial charge in [0.15, 0.2) is 0 Å². The molecule has 1 aliphatic carbocycles. The zero-order chi connectivity index (χ0) is 21.5. The quantitative estimate of drug-likeness (QED) is 0.645. The standard InChI is InChI=1S/C23H24F4N2O/c1-28(18-10-12-29(13-11-18)19-8-6-17(24)7-9-19)22(30)21-14-20(21)15-2-4-16(5-3-15)23(25,26)27/h2-9,18,20-21H,10-14H2,1H3. The van der Waals surface area contributed by atoms with Gasteiger partial charge in [0, 0.05) is 37.8 Å². The molecule has 7 heteroatoms. The van der Waals surface area contributed by atoms with Gasteiger partial charge in [0.05, 0.1) is 5.56 Å². The number of anilines is 1. The molecule has 0 spiro atoms. The van der Waals surface area contributed by atoms with Crippen LogP contribution < -0.4 is 4.90 Å². The third-order valence-corrected chi connectivity index (χ3v) is 6.33. The normalized spacial score (nSPS) is 22.1. The van der Waals surface area contributed by atoms with Gasteiger partial charge in [-0.25, -0.2) is 4.39 Å². The molecule has 4 rings (SSSR count). The number of nitrogens with zero attached hydrogens (tertiary/aromatic N) is 2. The van der Waals surface area contributed by atoms with E-state index >= 15 is 0 Å². The molecule has 2 aliphatic rings. The molecule has 1 saturated heterocycles. The minimum atomic E-state index is -4.35. The van der Waals surface area contributed by atoms with E-state index < -0.39 is 11.7 Å². The first kappa shape index (κ1) is 20.7. The summed E-state index contributed by atoms with van der Waals surface area (Å²) >= 11 is 0. The van der Waals surface area contributed by atoms with Crippen LogP contribution in [0.3, 0.4) is 0 Å². The summed E-state index contributed by atoms with van der Waals surface area (Å²) in [7, 11) is 1.82. The highest BCUT2D eigenvalue weighted by molar-refractivity contribution is 5.83. The van der Waals surface area contributed by atoms with Crippen molar-refractivity contribution in [2.45, 2.75) is 37.4 Å². The topological polar surface area (TPSA) is 23.6 Å². The summed E-state index contributed by atoms with van der Waals surface area (Å²) in [4.78, 5) is 16.9. The maximum Gasteiger partial charge on any atom is 0.416 e. The molecule has 160 valence electrons. The number of carbonyl (C=O) groups is 1. The number of halogens is 4. The molecule has 0 aromatic heterocycles. The lowest BCUT2D eigenvalue weighted by atomic mass is 10.0. The van der Waals surface area contributed by atoms with Crippen LogP contribution in [0.2, 0.25) is 0 Å². The summed E-state index contributed by atoms with van der Waals surface area (Å²) < 4.78 is 51.3. The number of hydrogen-bond acceptors (Lipinski definition) is 2. The van der Waals surface area contributed by atoms with Gasteiger partial charge in [-0.2, -0.15) is 13.2 Å². The number of carbonyl (C=O) groups excluding carboxylic acids is 1. The van der Waals surface area contributed by atoms with Gasteiger partial charge in [-0.15, -0.1) is 0 Å². The van der Waals surface area contributed by atoms with Crippen LogP contribution in [-0.2, 0) is 11.0 Å². The van der Waals surface area contributed by atoms with Crippen molar-refractivity contribution in [3.8, 4) is 0 Å². The third-order valence-electron chi connectivity index (χ3n) is 6.33. The smallest absolute Gasteiger partial charge is 0.371 e. The van der Waals surface area contributed by atoms with Crippen molar-refractivity contribution >= 4 is 11.6 Å². The van der Waals surface area contributed by atoms with Crippen LogP contribution >= 0.6 is 0 Å². The maximum absolute atomic E-state index is 13.1. The molecule has 2 atom stereocenters. The lowest BCUT2D eigenvalue weighted by Gasteiger charge is -2.38. The predicted octanol–water partition coefficient (Wildman–Crippen LogP) is 5.08. The zero-order valence-corrected chi connectivity index (χ0v) is 16.7. The number of rotatable bonds is 4. The average molecular weight is 420 g/mol. The first-order valence-electron chi connectivity index (χ1n) is 10.2. The van der Waals surface area contributed by atoms with E-state index in [9.17, 15) is 22.4 Å². The minimum absolute atomic E-state index is 0.00142. The van der Waals surface area contributed by atoms with Gasteiger partial charge in [0.2, 0.25) is 5.91 Å². The highest BCUT2D eigenvalue weighted by Gasteiger charge is 2.46. The van der Waals surface area contributed by atoms with Crippen LogP contribution in [0.25, 0.3) is 0 Å². The van der Waals surface area contributed by atoms with E-state index in [2.05, 4.69) is 4.90 Å². The Balaban J connectivity index is 1.31. The highest BCUT2D eigenvalue weighted by atomic mass is 19.4. The Hall–Kier alpha value is -2.57. The highest BCUT2D eigenvalue weighted by Crippen LogP contribution is 2.49. The average Bonchev–Trinajstić information content (AvgIpc) is 3.54. The fraction of sp³-hybridized carbons (Fsp3) is 0.435. The van der Waals surface area contributed by atoms with Gasteiger partial charge in [-0.3, -0.25) is 4.79 Å². The molecule has 1 heterocycles. The first-order chi connectivity index (χ1) is 14.2. The largest absolute Gasteiger partial charge is 0.416 e. The van der Waals surface area contributed by atoms with E-state index in [1.54, 1.807) is 12.1 Å². The van der Waals surface area contributed by atoms with Gasteiger partial charge in [-0.05, 0) is 67.1 Å². The third kappa shape index (κ3) is 4.30. The first-order valence-corrected chi connectivity index (χ1v) is 10.2. The number of benzene rings is 2. The summed E-state index contributed by atoms with van der Waals surface area (Å²) in [6, 6.07) is 11.7. The van der Waals surface area contributed by atoms with Gasteiger partial charge in [-0.1, -0.05) is 12.1 Å². The molecule has 3 nitrogen and oxygen atoms in total. The summed E-state index contributed by atoms with van der Waals surface area (Å²) in [5.74, 6) is -0.338. The van der Waals surface area contributed by atoms with E-state index in [0.717, 1.165) is 49.3 Å². The second-order valence-corrected chi connectivity index (χ2v) is 8.21. The van der Waals surface area contributed by atoms with Crippen molar-refractivity contribution < 1.29 is 22.4 Å². The Morgan fingerprint density at radius 2 is 1.60 bits per heavy atom. The number of hydrogen-bond donors (Lipinski definition) is 0. The molecule has 0 bridgehead atoms. The maximum atomic E-state index is 13.1. The second-order valence-electron chi connectivity index (χ2n) is 8.21. The Bertz CT molecular complexity index is 887. The van der Waals surface area contributed by atoms with E-state index in [1.807, 2.05) is 11.9 Å². The molecule has 0 N–H and O–H groups in total. The van der Waals surface area contributed by atoms with Gasteiger partial charge in [0.1, 0.15) is 5.82 Å². The van der Waals surface area contributed by atoms with Crippen molar-refractivity contribution in [2.24, 2.45) is 5.92 Å². The van der Waals surface area contributed by atoms with Gasteiger partial charge >= 0.3 is 6.18 Å². The molecule has 30 heavy (non-hydrogen) atoms. The molecule has 2 fully saturated rings. The van der Waals surface area contributed by atoms with Crippen molar-refractivity contribution in [3.05, 3.63) is 65.5 Å². The summed E-state index contributed by atoms with van der Waals surface area (Å²) in [6.07, 6.45) is -2.00. The predicted molar refractivity (Wildman–Crippen MR) is 107 cm³/mol. The van der Waals surface area contributed by atoms with E-state index in [1.165, 1.54) is 24.3 Å². The molecule has 1 aliphatic heterocycles. The van der Waals surface area contributed by atoms with Crippen LogP contribution in [0.1, 0.15) is 36.3 Å². The van der Waals surface area contributed by atoms with E-state index in [0.29, 0.717) is 6.42 Å². The fourth-order valence-corrected chi connectivity index (χ4v) is 4.36. The van der Waals surface area contributed by atoms with Crippen molar-refractivity contribution in [1.82, 2.24) is 4.90 Å². The number of amides is 1. The lowest BCUT2D eigenvalue weighted by Crippen LogP contribution is -2.46. The zero-order valence-electron chi connectivity index (χ0n) is 16.7. The molecule has 2 aromatic carbocycles. The Kier molecular flexibility index (Phi) is 5.47. The van der Waals surface area contributed by atoms with Crippen LogP contribution in [0.15, 0.2) is 48.5 Å². The van der Waals surface area contributed by atoms with Crippen LogP contribution in [0, 0.1) is 11.7 Å². The summed E-state index contributed by atoms with van der Waals surface area (Å²) in [6.45, 7) is 1.59. The summed E-state index contributed by atoms with van der Waals surface area (Å²) in [5, 5.41) is 0. The molecular weight excluding hydrogens is 396 g/mol. The Morgan fingerprint density at radius 3 is 2.17 bits per heavy atom. The van der Waals surface area contributed by atoms with Crippen LogP contribution in [0.5, 0.6) is 0 Å². The van der Waals surface area contributed by atoms with Crippen molar-refractivity contribution in [1.29, 1.82) is 0 Å². The molecule has 2 unspecified atom stereocenters. The van der Waals surface area contributed by atoms with Gasteiger partial charge < -0.3 is 9.80 Å². The van der Waals surface area contributed by atoms with E-state index in [-0.39, 0.29) is 29.6 Å². The molecular formula is C23H24F4N2O. The van der Waals surface area contributed by atoms with Gasteiger partial charge in [0.25, 0.3) is 0 Å². The van der Waals surface area contributed by atoms with E-state index in [4.69, 9.17) is 0 Å². The lowest BCUT2D eigenvalue weighted by molar-refractivity contribution is -0.137. The molecule has 1 amide bonds. The van der Waals surface area contributed by atoms with Crippen molar-refractivity contribution in [2.75, 3.05) is 25.0 Å². The number of piperidine rings is 1. The Morgan fingerprint density at radius 1 is 1.00 bits per heavy atom.